The van der Waals surface area contributed by atoms with Gasteiger partial charge in [0, 0.05) is 24.9 Å². The highest BCUT2D eigenvalue weighted by Gasteiger charge is 2.42. The summed E-state index contributed by atoms with van der Waals surface area (Å²) in [6.07, 6.45) is 1.13. The smallest absolute Gasteiger partial charge is 0.433 e. The van der Waals surface area contributed by atoms with Gasteiger partial charge in [-0.25, -0.2) is 4.98 Å². The molecule has 0 bridgehead atoms. The standard InChI is InChI=1S/C26H27F3N6O3/c1-15-17(4-3-5-21(15)38-2)24-18(32-25(37)20-13-30-9-10-31-20)8-11-34(24)23(36)14-35-22(26(27,28)29)12-19(33-35)16-6-7-16/h3-5,9-10,12-13,16,18,24H,6-8,11,14H2,1-2H3,(H,32,37)/t18-,24-/m1/s1/i2D3. The van der Waals surface area contributed by atoms with Gasteiger partial charge in [0.2, 0.25) is 5.91 Å². The second-order valence-electron chi connectivity index (χ2n) is 9.45. The maximum atomic E-state index is 13.8. The first-order valence-electron chi connectivity index (χ1n) is 13.6. The predicted octanol–water partition coefficient (Wildman–Crippen LogP) is 3.66. The number of hydrogen-bond acceptors (Lipinski definition) is 6. The van der Waals surface area contributed by atoms with Crippen molar-refractivity contribution < 1.29 is 31.6 Å². The van der Waals surface area contributed by atoms with E-state index >= 15 is 0 Å². The van der Waals surface area contributed by atoms with Crippen LogP contribution in [0.4, 0.5) is 13.2 Å². The SMILES string of the molecule is [2H]C([2H])([2H])Oc1cccc([C@@H]2[C@H](NC(=O)c3cnccn3)CCN2C(=O)Cn2nc(C3CC3)cc2C(F)(F)F)c1C. The van der Waals surface area contributed by atoms with Gasteiger partial charge in [-0.15, -0.1) is 0 Å². The lowest BCUT2D eigenvalue weighted by molar-refractivity contribution is -0.146. The Kier molecular flexibility index (Phi) is 5.85. The lowest BCUT2D eigenvalue weighted by atomic mass is 9.95. The first-order valence-corrected chi connectivity index (χ1v) is 12.1. The van der Waals surface area contributed by atoms with Gasteiger partial charge < -0.3 is 15.0 Å². The highest BCUT2D eigenvalue weighted by atomic mass is 19.4. The lowest BCUT2D eigenvalue weighted by Crippen LogP contribution is -2.42. The van der Waals surface area contributed by atoms with E-state index in [1.807, 2.05) is 0 Å². The molecule has 0 spiro atoms. The molecule has 1 saturated carbocycles. The molecule has 9 nitrogen and oxygen atoms in total. The number of methoxy groups -OCH3 is 1. The second-order valence-corrected chi connectivity index (χ2v) is 9.45. The van der Waals surface area contributed by atoms with Crippen LogP contribution in [0, 0.1) is 6.92 Å². The molecule has 2 aromatic heterocycles. The van der Waals surface area contributed by atoms with Gasteiger partial charge in [-0.3, -0.25) is 19.3 Å². The Morgan fingerprint density at radius 3 is 2.74 bits per heavy atom. The molecule has 1 N–H and O–H groups in total. The van der Waals surface area contributed by atoms with Crippen LogP contribution in [0.25, 0.3) is 0 Å². The van der Waals surface area contributed by atoms with Crippen LogP contribution in [0.2, 0.25) is 0 Å². The van der Waals surface area contributed by atoms with Crippen LogP contribution in [0.1, 0.15) is 68.3 Å². The summed E-state index contributed by atoms with van der Waals surface area (Å²) in [5.41, 5.74) is 0.254. The fourth-order valence-electron chi connectivity index (χ4n) is 4.91. The van der Waals surface area contributed by atoms with Gasteiger partial charge in [-0.1, -0.05) is 12.1 Å². The molecule has 2 atom stereocenters. The number of ether oxygens (including phenoxy) is 1. The zero-order valence-electron chi connectivity index (χ0n) is 23.4. The number of carbonyl (C=O) groups excluding carboxylic acids is 2. The number of aromatic nitrogens is 4. The van der Waals surface area contributed by atoms with Gasteiger partial charge in [0.05, 0.1) is 35.1 Å². The number of carbonyl (C=O) groups is 2. The Balaban J connectivity index is 1.48. The summed E-state index contributed by atoms with van der Waals surface area (Å²) in [5.74, 6) is -1.17. The maximum Gasteiger partial charge on any atom is 0.433 e. The Labute approximate surface area is 221 Å². The first kappa shape index (κ1) is 22.1. The minimum atomic E-state index is -4.70. The fourth-order valence-corrected chi connectivity index (χ4v) is 4.91. The van der Waals surface area contributed by atoms with Gasteiger partial charge >= 0.3 is 6.18 Å². The fraction of sp³-hybridized carbons (Fsp3) is 0.423. The molecule has 1 aliphatic carbocycles. The van der Waals surface area contributed by atoms with Gasteiger partial charge in [0.15, 0.2) is 0 Å². The summed E-state index contributed by atoms with van der Waals surface area (Å²) < 4.78 is 69.7. The molecule has 2 aliphatic rings. The summed E-state index contributed by atoms with van der Waals surface area (Å²) >= 11 is 0. The lowest BCUT2D eigenvalue weighted by Gasteiger charge is -2.31. The van der Waals surface area contributed by atoms with E-state index in [9.17, 15) is 22.8 Å². The maximum absolute atomic E-state index is 13.8. The van der Waals surface area contributed by atoms with Crippen molar-refractivity contribution >= 4 is 11.8 Å². The second kappa shape index (κ2) is 10.1. The number of likely N-dealkylation sites (tertiary alicyclic amines) is 1. The Morgan fingerprint density at radius 2 is 2.05 bits per heavy atom. The molecule has 3 aromatic rings. The number of rotatable bonds is 7. The van der Waals surface area contributed by atoms with E-state index in [4.69, 9.17) is 8.85 Å². The Bertz CT molecular complexity index is 1440. The molecule has 12 heteroatoms. The summed E-state index contributed by atoms with van der Waals surface area (Å²) in [5, 5.41) is 6.97. The van der Waals surface area contributed by atoms with E-state index in [2.05, 4.69) is 20.4 Å². The monoisotopic (exact) mass is 531 g/mol. The van der Waals surface area contributed by atoms with Crippen LogP contribution in [-0.4, -0.2) is 56.1 Å². The zero-order valence-corrected chi connectivity index (χ0v) is 20.4. The van der Waals surface area contributed by atoms with Crippen LogP contribution >= 0.6 is 0 Å². The number of halogens is 3. The predicted molar refractivity (Wildman–Crippen MR) is 129 cm³/mol. The van der Waals surface area contributed by atoms with E-state index in [1.54, 1.807) is 19.1 Å². The van der Waals surface area contributed by atoms with Gasteiger partial charge in [-0.05, 0) is 49.4 Å². The molecule has 2 fully saturated rings. The van der Waals surface area contributed by atoms with Crippen molar-refractivity contribution in [2.45, 2.75) is 56.9 Å². The van der Waals surface area contributed by atoms with Crippen molar-refractivity contribution in [1.82, 2.24) is 30.0 Å². The minimum Gasteiger partial charge on any atom is -0.496 e. The third-order valence-corrected chi connectivity index (χ3v) is 6.96. The molecule has 1 aromatic carbocycles. The molecule has 2 amide bonds. The Hall–Kier alpha value is -3.96. The molecule has 0 unspecified atom stereocenters. The highest BCUT2D eigenvalue weighted by Crippen LogP contribution is 2.42. The summed E-state index contributed by atoms with van der Waals surface area (Å²) in [7, 11) is -2.73. The topological polar surface area (TPSA) is 102 Å². The number of alkyl halides is 3. The van der Waals surface area contributed by atoms with E-state index < -0.39 is 49.4 Å². The molecular weight excluding hydrogens is 501 g/mol. The number of hydrogen-bond donors (Lipinski definition) is 1. The summed E-state index contributed by atoms with van der Waals surface area (Å²) in [4.78, 5) is 35.9. The van der Waals surface area contributed by atoms with E-state index in [0.717, 1.165) is 18.9 Å². The molecule has 1 aliphatic heterocycles. The van der Waals surface area contributed by atoms with E-state index in [0.29, 0.717) is 21.5 Å². The minimum absolute atomic E-state index is 0.0451. The van der Waals surface area contributed by atoms with Crippen molar-refractivity contribution in [2.75, 3.05) is 13.6 Å². The van der Waals surface area contributed by atoms with E-state index in [-0.39, 0.29) is 30.3 Å². The molecule has 200 valence electrons. The molecule has 38 heavy (non-hydrogen) atoms. The Morgan fingerprint density at radius 1 is 1.24 bits per heavy atom. The third kappa shape index (κ3) is 5.07. The van der Waals surface area contributed by atoms with Crippen LogP contribution in [0.15, 0.2) is 42.9 Å². The molecule has 5 rings (SSSR count). The van der Waals surface area contributed by atoms with Crippen molar-refractivity contribution in [3.63, 3.8) is 0 Å². The van der Waals surface area contributed by atoms with Crippen LogP contribution < -0.4 is 10.1 Å². The van der Waals surface area contributed by atoms with Gasteiger partial charge in [0.1, 0.15) is 23.7 Å². The number of amides is 2. The number of benzene rings is 1. The summed E-state index contributed by atoms with van der Waals surface area (Å²) in [6.45, 7) is 1.08. The van der Waals surface area contributed by atoms with Crippen molar-refractivity contribution in [3.05, 3.63) is 71.1 Å². The quantitative estimate of drug-likeness (QED) is 0.499. The molecule has 1 saturated heterocycles. The highest BCUT2D eigenvalue weighted by molar-refractivity contribution is 5.92. The van der Waals surface area contributed by atoms with Crippen LogP contribution in [0.5, 0.6) is 5.75 Å². The van der Waals surface area contributed by atoms with Crippen molar-refractivity contribution in [1.29, 1.82) is 0 Å². The average Bonchev–Trinajstić information content (AvgIpc) is 3.53. The first-order chi connectivity index (χ1) is 19.3. The normalized spacial score (nSPS) is 20.9. The average molecular weight is 532 g/mol. The molecule has 3 heterocycles. The van der Waals surface area contributed by atoms with Crippen molar-refractivity contribution in [3.8, 4) is 5.75 Å². The third-order valence-electron chi connectivity index (χ3n) is 6.96. The van der Waals surface area contributed by atoms with Crippen molar-refractivity contribution in [2.24, 2.45) is 0 Å². The largest absolute Gasteiger partial charge is 0.496 e. The number of nitrogens with one attached hydrogen (secondary N) is 1. The van der Waals surface area contributed by atoms with Crippen LogP contribution in [0.3, 0.4) is 0 Å². The summed E-state index contributed by atoms with van der Waals surface area (Å²) in [6, 6.07) is 4.19. The number of nitrogens with zero attached hydrogens (tertiary/aromatic N) is 5. The van der Waals surface area contributed by atoms with Gasteiger partial charge in [-0.2, -0.15) is 18.3 Å². The molecular formula is C26H27F3N6O3. The van der Waals surface area contributed by atoms with Crippen LogP contribution in [-0.2, 0) is 17.5 Å². The zero-order chi connectivity index (χ0) is 29.5. The van der Waals surface area contributed by atoms with Gasteiger partial charge in [0.25, 0.3) is 5.91 Å². The molecule has 0 radical (unpaired) electrons. The van der Waals surface area contributed by atoms with E-state index in [1.165, 1.54) is 29.6 Å².